The van der Waals surface area contributed by atoms with Gasteiger partial charge < -0.3 is 14.2 Å². The molecule has 2 rings (SSSR count). The number of hydrogen-bond donors (Lipinski definition) is 0. The lowest BCUT2D eigenvalue weighted by atomic mass is 9.96. The Morgan fingerprint density at radius 2 is 1.56 bits per heavy atom. The van der Waals surface area contributed by atoms with Gasteiger partial charge in [-0.1, -0.05) is 11.6 Å². The van der Waals surface area contributed by atoms with Crippen molar-refractivity contribution in [3.05, 3.63) is 28.8 Å². The second-order valence-corrected chi connectivity index (χ2v) is 7.09. The molecule has 2 aromatic carbocycles. The quantitative estimate of drug-likeness (QED) is 0.448. The summed E-state index contributed by atoms with van der Waals surface area (Å²) in [5.41, 5.74) is -0.386. The summed E-state index contributed by atoms with van der Waals surface area (Å²) in [6.07, 6.45) is 0. The molecule has 0 amide bonds. The van der Waals surface area contributed by atoms with Gasteiger partial charge in [-0.05, 0) is 45.9 Å². The van der Waals surface area contributed by atoms with Crippen LogP contribution in [0.3, 0.4) is 0 Å². The third kappa shape index (κ3) is 3.56. The number of carbonyl (C=O) groups is 2. The maximum absolute atomic E-state index is 12.4. The number of ether oxygens (including phenoxy) is 3. The maximum Gasteiger partial charge on any atom is 0.316 e. The first kappa shape index (κ1) is 19.1. The number of hydrogen-bond acceptors (Lipinski definition) is 5. The zero-order valence-electron chi connectivity index (χ0n) is 15.2. The van der Waals surface area contributed by atoms with Gasteiger partial charge in [0.05, 0.1) is 25.2 Å². The van der Waals surface area contributed by atoms with Crippen LogP contribution < -0.4 is 14.2 Å². The number of Topliss-reactive ketones (excluding diaryl/α,β-unsaturated/α-hetero) is 1. The van der Waals surface area contributed by atoms with Gasteiger partial charge in [-0.2, -0.15) is 0 Å². The molecule has 0 N–H and O–H groups in total. The van der Waals surface area contributed by atoms with Crippen molar-refractivity contribution < 1.29 is 23.8 Å². The van der Waals surface area contributed by atoms with Crippen LogP contribution in [0.5, 0.6) is 17.2 Å². The minimum atomic E-state index is -0.712. The summed E-state index contributed by atoms with van der Waals surface area (Å²) in [7, 11) is 2.86. The summed E-state index contributed by atoms with van der Waals surface area (Å²) in [5.74, 6) is -0.0340. The molecule has 2 aromatic rings. The first-order valence-corrected chi connectivity index (χ1v) is 8.10. The molecule has 0 fully saturated rings. The highest BCUT2D eigenvalue weighted by molar-refractivity contribution is 6.31. The normalized spacial score (nSPS) is 11.3. The van der Waals surface area contributed by atoms with Crippen LogP contribution in [-0.4, -0.2) is 26.0 Å². The average molecular weight is 365 g/mol. The van der Waals surface area contributed by atoms with Gasteiger partial charge in [0, 0.05) is 15.8 Å². The summed E-state index contributed by atoms with van der Waals surface area (Å²) in [6.45, 7) is 6.69. The minimum absolute atomic E-state index is 0.195. The number of ketones is 1. The molecular formula is C19H21ClO5. The molecule has 0 aliphatic carbocycles. The van der Waals surface area contributed by atoms with Gasteiger partial charge in [-0.25, -0.2) is 0 Å². The van der Waals surface area contributed by atoms with E-state index in [0.29, 0.717) is 21.4 Å². The molecule has 6 heteroatoms. The molecule has 5 nitrogen and oxygen atoms in total. The standard InChI is InChI=1S/C19H21ClO5/c1-10(21)14-13-9-11(20)7-8-12(13)15(17(24-6)16(14)23-5)25-18(22)19(2,3)4/h7-9H,1-6H3. The Balaban J connectivity index is 2.91. The Labute approximate surface area is 151 Å². The lowest BCUT2D eigenvalue weighted by Gasteiger charge is -2.22. The van der Waals surface area contributed by atoms with Crippen molar-refractivity contribution in [3.63, 3.8) is 0 Å². The fourth-order valence-electron chi connectivity index (χ4n) is 2.46. The number of benzene rings is 2. The topological polar surface area (TPSA) is 61.8 Å². The van der Waals surface area contributed by atoms with Gasteiger partial charge in [0.1, 0.15) is 0 Å². The van der Waals surface area contributed by atoms with E-state index in [9.17, 15) is 9.59 Å². The van der Waals surface area contributed by atoms with Gasteiger partial charge in [0.15, 0.2) is 17.3 Å². The predicted octanol–water partition coefficient (Wildman–Crippen LogP) is 4.66. The van der Waals surface area contributed by atoms with Crippen LogP contribution in [0.25, 0.3) is 10.8 Å². The lowest BCUT2D eigenvalue weighted by molar-refractivity contribution is -0.143. The van der Waals surface area contributed by atoms with Crippen LogP contribution >= 0.6 is 11.6 Å². The maximum atomic E-state index is 12.4. The Bertz CT molecular complexity index is 849. The molecule has 0 spiro atoms. The number of esters is 1. The second-order valence-electron chi connectivity index (χ2n) is 6.66. The number of halogens is 1. The Morgan fingerprint density at radius 1 is 0.960 bits per heavy atom. The monoisotopic (exact) mass is 364 g/mol. The van der Waals surface area contributed by atoms with Gasteiger partial charge in [-0.3, -0.25) is 9.59 Å². The van der Waals surface area contributed by atoms with E-state index >= 15 is 0 Å². The van der Waals surface area contributed by atoms with E-state index in [2.05, 4.69) is 0 Å². The van der Waals surface area contributed by atoms with Crippen molar-refractivity contribution in [2.75, 3.05) is 14.2 Å². The number of methoxy groups -OCH3 is 2. The number of fused-ring (bicyclic) bond motifs is 1. The highest BCUT2D eigenvalue weighted by atomic mass is 35.5. The van der Waals surface area contributed by atoms with Crippen LogP contribution in [0, 0.1) is 5.41 Å². The Kier molecular flexibility index (Phi) is 5.28. The van der Waals surface area contributed by atoms with Crippen LogP contribution in [0.15, 0.2) is 18.2 Å². The van der Waals surface area contributed by atoms with E-state index in [0.717, 1.165) is 0 Å². The molecule has 0 radical (unpaired) electrons. The summed E-state index contributed by atoms with van der Waals surface area (Å²) in [5, 5.41) is 1.54. The van der Waals surface area contributed by atoms with Crippen molar-refractivity contribution in [1.29, 1.82) is 0 Å². The molecule has 0 saturated heterocycles. The van der Waals surface area contributed by atoms with Gasteiger partial charge in [0.2, 0.25) is 5.75 Å². The van der Waals surface area contributed by atoms with Crippen LogP contribution in [0.4, 0.5) is 0 Å². The van der Waals surface area contributed by atoms with Crippen LogP contribution in [-0.2, 0) is 4.79 Å². The molecule has 0 saturated carbocycles. The molecule has 134 valence electrons. The Morgan fingerprint density at radius 3 is 2.04 bits per heavy atom. The van der Waals surface area contributed by atoms with Crippen molar-refractivity contribution in [3.8, 4) is 17.2 Å². The predicted molar refractivity (Wildman–Crippen MR) is 97.2 cm³/mol. The smallest absolute Gasteiger partial charge is 0.316 e. The van der Waals surface area contributed by atoms with E-state index in [1.807, 2.05) is 0 Å². The van der Waals surface area contributed by atoms with Crippen molar-refractivity contribution >= 4 is 34.1 Å². The molecule has 0 unspecified atom stereocenters. The van der Waals surface area contributed by atoms with Gasteiger partial charge in [0.25, 0.3) is 0 Å². The van der Waals surface area contributed by atoms with Gasteiger partial charge >= 0.3 is 5.97 Å². The van der Waals surface area contributed by atoms with Gasteiger partial charge in [-0.15, -0.1) is 0 Å². The summed E-state index contributed by atoms with van der Waals surface area (Å²) >= 11 is 6.10. The summed E-state index contributed by atoms with van der Waals surface area (Å²) in [4.78, 5) is 24.6. The van der Waals surface area contributed by atoms with E-state index in [-0.39, 0.29) is 23.0 Å². The molecule has 0 aliphatic rings. The van der Waals surface area contributed by atoms with E-state index in [1.54, 1.807) is 39.0 Å². The van der Waals surface area contributed by atoms with E-state index in [1.165, 1.54) is 21.1 Å². The fourth-order valence-corrected chi connectivity index (χ4v) is 2.63. The van der Waals surface area contributed by atoms with E-state index in [4.69, 9.17) is 25.8 Å². The first-order chi connectivity index (χ1) is 11.6. The largest absolute Gasteiger partial charge is 0.492 e. The van der Waals surface area contributed by atoms with Crippen molar-refractivity contribution in [2.24, 2.45) is 5.41 Å². The van der Waals surface area contributed by atoms with E-state index < -0.39 is 11.4 Å². The third-order valence-corrected chi connectivity index (χ3v) is 3.94. The van der Waals surface area contributed by atoms with Crippen LogP contribution in [0.2, 0.25) is 5.02 Å². The average Bonchev–Trinajstić information content (AvgIpc) is 2.52. The second kappa shape index (κ2) is 6.92. The zero-order valence-corrected chi connectivity index (χ0v) is 15.9. The first-order valence-electron chi connectivity index (χ1n) is 7.72. The third-order valence-electron chi connectivity index (χ3n) is 3.70. The molecule has 0 heterocycles. The highest BCUT2D eigenvalue weighted by Crippen LogP contribution is 2.48. The highest BCUT2D eigenvalue weighted by Gasteiger charge is 2.30. The molecule has 25 heavy (non-hydrogen) atoms. The molecule has 0 aromatic heterocycles. The lowest BCUT2D eigenvalue weighted by Crippen LogP contribution is -2.26. The fraction of sp³-hybridized carbons (Fsp3) is 0.368. The van der Waals surface area contributed by atoms with Crippen molar-refractivity contribution in [1.82, 2.24) is 0 Å². The van der Waals surface area contributed by atoms with Crippen molar-refractivity contribution in [2.45, 2.75) is 27.7 Å². The minimum Gasteiger partial charge on any atom is -0.492 e. The zero-order chi connectivity index (χ0) is 18.9. The molecule has 0 bridgehead atoms. The summed E-state index contributed by atoms with van der Waals surface area (Å²) < 4.78 is 16.5. The molecule has 0 aliphatic heterocycles. The SMILES string of the molecule is COc1c(OC)c(C(C)=O)c2cc(Cl)ccc2c1OC(=O)C(C)(C)C. The van der Waals surface area contributed by atoms with Crippen LogP contribution in [0.1, 0.15) is 38.1 Å². The number of carbonyl (C=O) groups excluding carboxylic acids is 2. The number of rotatable bonds is 4. The summed E-state index contributed by atoms with van der Waals surface area (Å²) in [6, 6.07) is 5.00. The Hall–Kier alpha value is -2.27. The molecule has 0 atom stereocenters. The molecular weight excluding hydrogens is 344 g/mol.